The Hall–Kier alpha value is -3.11. The van der Waals surface area contributed by atoms with E-state index in [-0.39, 0.29) is 23.8 Å². The Balaban J connectivity index is 2.39. The van der Waals surface area contributed by atoms with Gasteiger partial charge >= 0.3 is 18.3 Å². The van der Waals surface area contributed by atoms with Crippen molar-refractivity contribution < 1.29 is 45.1 Å². The molecule has 1 N–H and O–H groups in total. The minimum Gasteiger partial charge on any atom is -0.467 e. The van der Waals surface area contributed by atoms with Crippen molar-refractivity contribution in [3.05, 3.63) is 70.5 Å². The number of halogens is 7. The summed E-state index contributed by atoms with van der Waals surface area (Å²) in [6, 6.07) is 3.95. The number of benzene rings is 2. The molecule has 0 fully saturated rings. The van der Waals surface area contributed by atoms with Crippen molar-refractivity contribution in [3.63, 3.8) is 0 Å². The van der Waals surface area contributed by atoms with Crippen molar-refractivity contribution in [2.75, 3.05) is 7.11 Å². The average molecular weight is 437 g/mol. The van der Waals surface area contributed by atoms with Crippen LogP contribution in [0.25, 0.3) is 0 Å². The summed E-state index contributed by atoms with van der Waals surface area (Å²) in [7, 11) is 0.953. The van der Waals surface area contributed by atoms with Crippen LogP contribution in [0.2, 0.25) is 0 Å². The first-order chi connectivity index (χ1) is 13.8. The third-order valence-electron chi connectivity index (χ3n) is 4.02. The number of nitrogens with one attached hydrogen (secondary N) is 1. The topological polar surface area (TPSA) is 55.4 Å². The van der Waals surface area contributed by atoms with Gasteiger partial charge in [0, 0.05) is 12.0 Å². The van der Waals surface area contributed by atoms with Crippen LogP contribution in [0.15, 0.2) is 42.5 Å². The number of carbonyl (C=O) groups is 2. The Morgan fingerprint density at radius 2 is 1.50 bits per heavy atom. The molecule has 11 heteroatoms. The Bertz CT molecular complexity index is 906. The summed E-state index contributed by atoms with van der Waals surface area (Å²) in [6.07, 6.45) is -10.7. The molecule has 0 spiro atoms. The standard InChI is InChI=1S/C19H14F7NO3/c1-30-17(29)15(8-10-4-2-3-5-14(10)20)27-16(28)11-6-12(18(21,22)23)9-13(7-11)19(24,25)26/h2-7,9,15H,8H2,1H3,(H,27,28)/t15-/m0/s1. The van der Waals surface area contributed by atoms with E-state index in [2.05, 4.69) is 4.74 Å². The molecule has 0 saturated heterocycles. The van der Waals surface area contributed by atoms with Gasteiger partial charge in [-0.1, -0.05) is 18.2 Å². The summed E-state index contributed by atoms with van der Waals surface area (Å²) >= 11 is 0. The lowest BCUT2D eigenvalue weighted by molar-refractivity contribution is -0.144. The van der Waals surface area contributed by atoms with E-state index in [1.807, 2.05) is 5.32 Å². The number of hydrogen-bond acceptors (Lipinski definition) is 3. The molecule has 0 aliphatic rings. The second kappa shape index (κ2) is 8.72. The zero-order valence-corrected chi connectivity index (χ0v) is 15.2. The van der Waals surface area contributed by atoms with Crippen LogP contribution < -0.4 is 5.32 Å². The number of methoxy groups -OCH3 is 1. The van der Waals surface area contributed by atoms with Crippen molar-refractivity contribution in [2.45, 2.75) is 24.8 Å². The van der Waals surface area contributed by atoms with Gasteiger partial charge in [-0.05, 0) is 29.8 Å². The van der Waals surface area contributed by atoms with Crippen LogP contribution >= 0.6 is 0 Å². The van der Waals surface area contributed by atoms with E-state index in [4.69, 9.17) is 0 Å². The number of hydrogen-bond donors (Lipinski definition) is 1. The molecule has 0 bridgehead atoms. The lowest BCUT2D eigenvalue weighted by Crippen LogP contribution is -2.43. The molecule has 1 atom stereocenters. The van der Waals surface area contributed by atoms with Crippen LogP contribution in [0.1, 0.15) is 27.0 Å². The Morgan fingerprint density at radius 3 is 1.97 bits per heavy atom. The van der Waals surface area contributed by atoms with Crippen molar-refractivity contribution >= 4 is 11.9 Å². The van der Waals surface area contributed by atoms with Crippen molar-refractivity contribution in [2.24, 2.45) is 0 Å². The molecule has 0 radical (unpaired) electrons. The van der Waals surface area contributed by atoms with Gasteiger partial charge in [0.2, 0.25) is 0 Å². The van der Waals surface area contributed by atoms with Crippen LogP contribution in [-0.2, 0) is 28.3 Å². The second-order valence-electron chi connectivity index (χ2n) is 6.14. The van der Waals surface area contributed by atoms with Gasteiger partial charge in [-0.3, -0.25) is 4.79 Å². The predicted molar refractivity (Wildman–Crippen MR) is 89.8 cm³/mol. The van der Waals surface area contributed by atoms with Gasteiger partial charge in [-0.25, -0.2) is 9.18 Å². The van der Waals surface area contributed by atoms with Crippen LogP contribution in [0, 0.1) is 5.82 Å². The van der Waals surface area contributed by atoms with E-state index in [0.717, 1.165) is 13.2 Å². The van der Waals surface area contributed by atoms with Gasteiger partial charge in [0.1, 0.15) is 11.9 Å². The molecule has 4 nitrogen and oxygen atoms in total. The molecular weight excluding hydrogens is 423 g/mol. The van der Waals surface area contributed by atoms with E-state index in [1.165, 1.54) is 18.2 Å². The van der Waals surface area contributed by atoms with Crippen molar-refractivity contribution in [3.8, 4) is 0 Å². The SMILES string of the molecule is COC(=O)[C@H](Cc1ccccc1F)NC(=O)c1cc(C(F)(F)F)cc(C(F)(F)F)c1. The van der Waals surface area contributed by atoms with Gasteiger partial charge in [0.05, 0.1) is 18.2 Å². The molecule has 0 unspecified atom stereocenters. The van der Waals surface area contributed by atoms with Crippen molar-refractivity contribution in [1.29, 1.82) is 0 Å². The summed E-state index contributed by atoms with van der Waals surface area (Å²) in [5.41, 5.74) is -4.37. The summed E-state index contributed by atoms with van der Waals surface area (Å²) in [5, 5.41) is 2.00. The number of esters is 1. The van der Waals surface area contributed by atoms with Gasteiger partial charge in [0.15, 0.2) is 0 Å². The number of rotatable bonds is 5. The summed E-state index contributed by atoms with van der Waals surface area (Å²) in [4.78, 5) is 24.3. The molecule has 162 valence electrons. The first kappa shape index (κ1) is 23.2. The lowest BCUT2D eigenvalue weighted by atomic mass is 10.0. The fourth-order valence-electron chi connectivity index (χ4n) is 2.55. The molecule has 0 heterocycles. The number of alkyl halides is 6. The van der Waals surface area contributed by atoms with Gasteiger partial charge < -0.3 is 10.1 Å². The van der Waals surface area contributed by atoms with Crippen LogP contribution in [0.4, 0.5) is 30.7 Å². The monoisotopic (exact) mass is 437 g/mol. The first-order valence-electron chi connectivity index (χ1n) is 8.24. The Morgan fingerprint density at radius 1 is 0.967 bits per heavy atom. The van der Waals surface area contributed by atoms with Crippen molar-refractivity contribution in [1.82, 2.24) is 5.32 Å². The highest BCUT2D eigenvalue weighted by molar-refractivity contribution is 5.97. The number of amides is 1. The molecular formula is C19H14F7NO3. The highest BCUT2D eigenvalue weighted by Crippen LogP contribution is 2.36. The fourth-order valence-corrected chi connectivity index (χ4v) is 2.55. The maximum atomic E-state index is 13.8. The molecule has 30 heavy (non-hydrogen) atoms. The van der Waals surface area contributed by atoms with E-state index in [9.17, 15) is 40.3 Å². The molecule has 2 aromatic carbocycles. The van der Waals surface area contributed by atoms with E-state index in [1.54, 1.807) is 0 Å². The molecule has 2 rings (SSSR count). The summed E-state index contributed by atoms with van der Waals surface area (Å²) < 4.78 is 96.1. The first-order valence-corrected chi connectivity index (χ1v) is 8.24. The summed E-state index contributed by atoms with van der Waals surface area (Å²) in [5.74, 6) is -3.17. The minimum atomic E-state index is -5.15. The molecule has 2 aromatic rings. The quantitative estimate of drug-likeness (QED) is 0.558. The van der Waals surface area contributed by atoms with E-state index < -0.39 is 59.2 Å². The fraction of sp³-hybridized carbons (Fsp3) is 0.263. The highest BCUT2D eigenvalue weighted by Gasteiger charge is 2.38. The minimum absolute atomic E-state index is 0.0202. The smallest absolute Gasteiger partial charge is 0.416 e. The largest absolute Gasteiger partial charge is 0.467 e. The van der Waals surface area contributed by atoms with Gasteiger partial charge in [-0.15, -0.1) is 0 Å². The molecule has 0 aliphatic carbocycles. The Kier molecular flexibility index (Phi) is 6.73. The maximum Gasteiger partial charge on any atom is 0.416 e. The van der Waals surface area contributed by atoms with Gasteiger partial charge in [-0.2, -0.15) is 26.3 Å². The zero-order valence-electron chi connectivity index (χ0n) is 15.2. The van der Waals surface area contributed by atoms with Crippen LogP contribution in [-0.4, -0.2) is 25.0 Å². The van der Waals surface area contributed by atoms with Crippen LogP contribution in [0.5, 0.6) is 0 Å². The molecule has 0 saturated carbocycles. The summed E-state index contributed by atoms with van der Waals surface area (Å²) in [6.45, 7) is 0. The van der Waals surface area contributed by atoms with E-state index >= 15 is 0 Å². The number of carbonyl (C=O) groups excluding carboxylic acids is 2. The molecule has 0 aliphatic heterocycles. The zero-order chi connectivity index (χ0) is 22.7. The molecule has 1 amide bonds. The lowest BCUT2D eigenvalue weighted by Gasteiger charge is -2.18. The number of ether oxygens (including phenoxy) is 1. The third-order valence-corrected chi connectivity index (χ3v) is 4.02. The van der Waals surface area contributed by atoms with Gasteiger partial charge in [0.25, 0.3) is 5.91 Å². The van der Waals surface area contributed by atoms with Crippen LogP contribution in [0.3, 0.4) is 0 Å². The highest BCUT2D eigenvalue weighted by atomic mass is 19.4. The second-order valence-corrected chi connectivity index (χ2v) is 6.14. The maximum absolute atomic E-state index is 13.8. The average Bonchev–Trinajstić information content (AvgIpc) is 2.66. The normalized spacial score (nSPS) is 12.9. The molecule has 0 aromatic heterocycles. The third kappa shape index (κ3) is 5.71. The van der Waals surface area contributed by atoms with E-state index in [0.29, 0.717) is 0 Å². The predicted octanol–water partition coefficient (Wildman–Crippen LogP) is 4.38. The Labute approximate surface area is 165 Å².